The molecule has 2 rings (SSSR count). The van der Waals surface area contributed by atoms with Crippen molar-refractivity contribution in [2.45, 2.75) is 19.4 Å². The van der Waals surface area contributed by atoms with Crippen molar-refractivity contribution in [2.75, 3.05) is 6.61 Å². The van der Waals surface area contributed by atoms with Crippen LogP contribution in [0.2, 0.25) is 0 Å². The van der Waals surface area contributed by atoms with E-state index in [1.165, 1.54) is 11.0 Å². The van der Waals surface area contributed by atoms with E-state index < -0.39 is 5.97 Å². The lowest BCUT2D eigenvalue weighted by Crippen LogP contribution is -2.28. The molecule has 5 heteroatoms. The van der Waals surface area contributed by atoms with Gasteiger partial charge < -0.3 is 4.74 Å². The Bertz CT molecular complexity index is 531. The maximum absolute atomic E-state index is 11.6. The molecule has 0 atom stereocenters. The highest BCUT2D eigenvalue weighted by atomic mass is 16.5. The van der Waals surface area contributed by atoms with Crippen molar-refractivity contribution in [1.29, 1.82) is 0 Å². The normalized spacial score (nSPS) is 14.5. The molecule has 1 aliphatic rings. The van der Waals surface area contributed by atoms with Crippen LogP contribution in [0.25, 0.3) is 0 Å². The van der Waals surface area contributed by atoms with Gasteiger partial charge in [0.1, 0.15) is 6.61 Å². The van der Waals surface area contributed by atoms with Gasteiger partial charge in [0.2, 0.25) is 11.8 Å². The summed E-state index contributed by atoms with van der Waals surface area (Å²) in [6.07, 6.45) is 2.06. The molecule has 5 nitrogen and oxygen atoms in total. The first-order valence-electron chi connectivity index (χ1n) is 6.32. The van der Waals surface area contributed by atoms with Crippen LogP contribution in [0.15, 0.2) is 36.9 Å². The predicted octanol–water partition coefficient (Wildman–Crippen LogP) is 1.68. The summed E-state index contributed by atoms with van der Waals surface area (Å²) in [5.41, 5.74) is 1.23. The average Bonchev–Trinajstić information content (AvgIpc) is 2.77. The van der Waals surface area contributed by atoms with Gasteiger partial charge in [-0.05, 0) is 17.7 Å². The second kappa shape index (κ2) is 6.14. The van der Waals surface area contributed by atoms with Crippen molar-refractivity contribution >= 4 is 17.8 Å². The van der Waals surface area contributed by atoms with Crippen LogP contribution in [0, 0.1) is 0 Å². The van der Waals surface area contributed by atoms with Crippen molar-refractivity contribution in [1.82, 2.24) is 4.90 Å². The summed E-state index contributed by atoms with van der Waals surface area (Å²) in [5, 5.41) is 0. The molecule has 1 aromatic carbocycles. The van der Waals surface area contributed by atoms with Crippen molar-refractivity contribution < 1.29 is 19.1 Å². The van der Waals surface area contributed by atoms with Crippen LogP contribution in [0.4, 0.5) is 0 Å². The van der Waals surface area contributed by atoms with E-state index in [4.69, 9.17) is 4.74 Å². The van der Waals surface area contributed by atoms with Gasteiger partial charge in [0, 0.05) is 12.8 Å². The van der Waals surface area contributed by atoms with Gasteiger partial charge in [-0.1, -0.05) is 24.8 Å². The Morgan fingerprint density at radius 2 is 1.80 bits per heavy atom. The third-order valence-corrected chi connectivity index (χ3v) is 3.02. The minimum Gasteiger partial charge on any atom is -0.458 e. The quantitative estimate of drug-likeness (QED) is 0.465. The van der Waals surface area contributed by atoms with Gasteiger partial charge in [0.05, 0.1) is 12.1 Å². The summed E-state index contributed by atoms with van der Waals surface area (Å²) in [5.74, 6) is -0.723. The number of nitrogens with zero attached hydrogens (tertiary/aromatic N) is 1. The van der Waals surface area contributed by atoms with Gasteiger partial charge in [-0.2, -0.15) is 0 Å². The Kier molecular flexibility index (Phi) is 4.30. The van der Waals surface area contributed by atoms with E-state index in [-0.39, 0.29) is 37.8 Å². The van der Waals surface area contributed by atoms with E-state index in [0.717, 1.165) is 5.56 Å². The second-order valence-corrected chi connectivity index (χ2v) is 4.46. The van der Waals surface area contributed by atoms with Crippen molar-refractivity contribution in [3.05, 3.63) is 48.0 Å². The van der Waals surface area contributed by atoms with Crippen LogP contribution in [0.1, 0.15) is 28.8 Å². The fourth-order valence-electron chi connectivity index (χ4n) is 1.95. The van der Waals surface area contributed by atoms with Crippen molar-refractivity contribution in [2.24, 2.45) is 0 Å². The van der Waals surface area contributed by atoms with Gasteiger partial charge in [0.15, 0.2) is 0 Å². The van der Waals surface area contributed by atoms with Crippen LogP contribution in [0.3, 0.4) is 0 Å². The Hall–Kier alpha value is -2.43. The largest absolute Gasteiger partial charge is 0.458 e. The highest BCUT2D eigenvalue weighted by Crippen LogP contribution is 2.16. The zero-order valence-corrected chi connectivity index (χ0v) is 11.0. The zero-order chi connectivity index (χ0) is 14.5. The van der Waals surface area contributed by atoms with E-state index >= 15 is 0 Å². The van der Waals surface area contributed by atoms with Crippen molar-refractivity contribution in [3.8, 4) is 0 Å². The summed E-state index contributed by atoms with van der Waals surface area (Å²) in [4.78, 5) is 35.8. The number of ether oxygens (including phenoxy) is 1. The Labute approximate surface area is 116 Å². The minimum atomic E-state index is -0.426. The summed E-state index contributed by atoms with van der Waals surface area (Å²) in [6, 6.07) is 6.66. The smallest absolute Gasteiger partial charge is 0.338 e. The summed E-state index contributed by atoms with van der Waals surface area (Å²) in [6.45, 7) is 3.88. The molecule has 0 unspecified atom stereocenters. The fourth-order valence-corrected chi connectivity index (χ4v) is 1.95. The van der Waals surface area contributed by atoms with Crippen LogP contribution < -0.4 is 0 Å². The molecule has 0 radical (unpaired) electrons. The first kappa shape index (κ1) is 14.0. The summed E-state index contributed by atoms with van der Waals surface area (Å²) >= 11 is 0. The second-order valence-electron chi connectivity index (χ2n) is 4.46. The topological polar surface area (TPSA) is 63.7 Å². The molecule has 20 heavy (non-hydrogen) atoms. The zero-order valence-electron chi connectivity index (χ0n) is 11.0. The summed E-state index contributed by atoms with van der Waals surface area (Å²) in [7, 11) is 0. The number of hydrogen-bond donors (Lipinski definition) is 0. The molecule has 1 aromatic rings. The maximum Gasteiger partial charge on any atom is 0.338 e. The number of imide groups is 1. The van der Waals surface area contributed by atoms with E-state index in [9.17, 15) is 14.4 Å². The lowest BCUT2D eigenvalue weighted by atomic mass is 10.1. The number of benzene rings is 1. The molecule has 1 saturated heterocycles. The van der Waals surface area contributed by atoms with Gasteiger partial charge in [-0.3, -0.25) is 14.5 Å². The van der Waals surface area contributed by atoms with E-state index in [1.807, 2.05) is 0 Å². The third-order valence-electron chi connectivity index (χ3n) is 3.02. The Morgan fingerprint density at radius 3 is 2.35 bits per heavy atom. The number of likely N-dealkylation sites (tertiary alicyclic amines) is 1. The van der Waals surface area contributed by atoms with Gasteiger partial charge in [0.25, 0.3) is 0 Å². The number of amides is 2. The predicted molar refractivity (Wildman–Crippen MR) is 71.7 cm³/mol. The lowest BCUT2D eigenvalue weighted by molar-refractivity contribution is -0.139. The fraction of sp³-hybridized carbons (Fsp3) is 0.267. The van der Waals surface area contributed by atoms with Crippen LogP contribution >= 0.6 is 0 Å². The molecule has 1 aliphatic heterocycles. The average molecular weight is 273 g/mol. The molecular formula is C15H15NO4. The standard InChI is InChI=1S/C15H15NO4/c1-2-9-20-15(19)12-5-3-11(4-6-12)10-16-13(17)7-8-14(16)18/h2-6H,1,7-10H2. The molecule has 104 valence electrons. The molecule has 1 heterocycles. The van der Waals surface area contributed by atoms with Gasteiger partial charge in [-0.25, -0.2) is 4.79 Å². The van der Waals surface area contributed by atoms with Gasteiger partial charge >= 0.3 is 5.97 Å². The number of carbonyl (C=O) groups is 3. The lowest BCUT2D eigenvalue weighted by Gasteiger charge is -2.13. The third kappa shape index (κ3) is 3.12. The molecule has 0 aliphatic carbocycles. The Morgan fingerprint density at radius 1 is 1.20 bits per heavy atom. The minimum absolute atomic E-state index is 0.149. The maximum atomic E-state index is 11.6. The molecule has 0 saturated carbocycles. The highest BCUT2D eigenvalue weighted by Gasteiger charge is 2.28. The molecule has 0 bridgehead atoms. The van der Waals surface area contributed by atoms with Crippen LogP contribution in [-0.4, -0.2) is 29.3 Å². The van der Waals surface area contributed by atoms with Gasteiger partial charge in [-0.15, -0.1) is 0 Å². The number of carbonyl (C=O) groups excluding carboxylic acids is 3. The van der Waals surface area contributed by atoms with Crippen LogP contribution in [0.5, 0.6) is 0 Å². The Balaban J connectivity index is 2.01. The molecule has 0 N–H and O–H groups in total. The number of esters is 1. The number of hydrogen-bond acceptors (Lipinski definition) is 4. The SMILES string of the molecule is C=CCOC(=O)c1ccc(CN2C(=O)CCC2=O)cc1. The molecule has 0 aromatic heterocycles. The van der Waals surface area contributed by atoms with E-state index in [1.54, 1.807) is 24.3 Å². The molecule has 0 spiro atoms. The molecule has 1 fully saturated rings. The number of rotatable bonds is 5. The van der Waals surface area contributed by atoms with Crippen molar-refractivity contribution in [3.63, 3.8) is 0 Å². The first-order valence-corrected chi connectivity index (χ1v) is 6.32. The summed E-state index contributed by atoms with van der Waals surface area (Å²) < 4.78 is 4.91. The molecule has 2 amide bonds. The first-order chi connectivity index (χ1) is 9.61. The van der Waals surface area contributed by atoms with Crippen LogP contribution in [-0.2, 0) is 20.9 Å². The van der Waals surface area contributed by atoms with E-state index in [2.05, 4.69) is 6.58 Å². The van der Waals surface area contributed by atoms with E-state index in [0.29, 0.717) is 5.56 Å². The highest BCUT2D eigenvalue weighted by molar-refractivity contribution is 6.01. The molecular weight excluding hydrogens is 258 g/mol. The monoisotopic (exact) mass is 273 g/mol.